The van der Waals surface area contributed by atoms with Gasteiger partial charge in [-0.2, -0.15) is 0 Å². The fraction of sp³-hybridized carbons (Fsp3) is 0.417. The first-order valence-electron chi connectivity index (χ1n) is 5.46. The summed E-state index contributed by atoms with van der Waals surface area (Å²) >= 11 is 0. The molecule has 0 unspecified atom stereocenters. The van der Waals surface area contributed by atoms with Crippen LogP contribution >= 0.6 is 0 Å². The number of benzene rings is 1. The Morgan fingerprint density at radius 1 is 1.33 bits per heavy atom. The van der Waals surface area contributed by atoms with Gasteiger partial charge in [-0.1, -0.05) is 0 Å². The summed E-state index contributed by atoms with van der Waals surface area (Å²) in [5, 5.41) is 0. The second-order valence-corrected chi connectivity index (χ2v) is 3.62. The van der Waals surface area contributed by atoms with Crippen LogP contribution in [0.3, 0.4) is 0 Å². The van der Waals surface area contributed by atoms with Crippen molar-refractivity contribution in [2.24, 2.45) is 5.73 Å². The van der Waals surface area contributed by atoms with E-state index in [1.807, 2.05) is 0 Å². The molecule has 2 N–H and O–H groups in total. The van der Waals surface area contributed by atoms with Gasteiger partial charge in [-0.25, -0.2) is 8.78 Å². The van der Waals surface area contributed by atoms with Crippen LogP contribution in [0.25, 0.3) is 0 Å². The second-order valence-electron chi connectivity index (χ2n) is 3.62. The third-order valence-electron chi connectivity index (χ3n) is 2.29. The first-order valence-corrected chi connectivity index (χ1v) is 5.46. The summed E-state index contributed by atoms with van der Waals surface area (Å²) in [4.78, 5) is 10.8. The summed E-state index contributed by atoms with van der Waals surface area (Å²) in [6, 6.07) is 2.25. The molecule has 0 radical (unpaired) electrons. The van der Waals surface area contributed by atoms with E-state index in [-0.39, 0.29) is 19.6 Å². The highest BCUT2D eigenvalue weighted by Gasteiger charge is 2.12. The van der Waals surface area contributed by atoms with Crippen molar-refractivity contribution in [1.29, 1.82) is 0 Å². The third kappa shape index (κ3) is 3.96. The predicted octanol–water partition coefficient (Wildman–Crippen LogP) is 1.76. The lowest BCUT2D eigenvalue weighted by atomic mass is 10.2. The third-order valence-corrected chi connectivity index (χ3v) is 2.29. The molecule has 0 aromatic heterocycles. The molecule has 0 fully saturated rings. The molecular formula is C12H15F2NO3. The highest BCUT2D eigenvalue weighted by molar-refractivity contribution is 5.69. The fourth-order valence-electron chi connectivity index (χ4n) is 1.36. The zero-order valence-corrected chi connectivity index (χ0v) is 10.0. The number of carbonyl (C=O) groups is 1. The van der Waals surface area contributed by atoms with E-state index in [2.05, 4.69) is 4.74 Å². The van der Waals surface area contributed by atoms with Gasteiger partial charge in [0.25, 0.3) is 0 Å². The largest absolute Gasteiger partial charge is 0.488 e. The van der Waals surface area contributed by atoms with Crippen LogP contribution in [-0.4, -0.2) is 19.7 Å². The van der Waals surface area contributed by atoms with E-state index in [9.17, 15) is 13.6 Å². The van der Waals surface area contributed by atoms with E-state index in [1.54, 1.807) is 0 Å². The zero-order valence-electron chi connectivity index (χ0n) is 10.0. The Kier molecular flexibility index (Phi) is 5.51. The molecule has 0 aliphatic carbocycles. The number of esters is 1. The van der Waals surface area contributed by atoms with E-state index in [0.717, 1.165) is 12.1 Å². The highest BCUT2D eigenvalue weighted by Crippen LogP contribution is 2.23. The molecule has 0 amide bonds. The SMILES string of the molecule is COC(=O)CCCOc1c(F)cc(CN)cc1F. The normalized spacial score (nSPS) is 10.2. The van der Waals surface area contributed by atoms with Gasteiger partial charge in [0.15, 0.2) is 17.4 Å². The van der Waals surface area contributed by atoms with Gasteiger partial charge >= 0.3 is 5.97 Å². The molecule has 4 nitrogen and oxygen atoms in total. The summed E-state index contributed by atoms with van der Waals surface area (Å²) in [7, 11) is 1.27. The highest BCUT2D eigenvalue weighted by atomic mass is 19.1. The van der Waals surface area contributed by atoms with Gasteiger partial charge in [-0.3, -0.25) is 4.79 Å². The topological polar surface area (TPSA) is 61.5 Å². The number of hydrogen-bond donors (Lipinski definition) is 1. The van der Waals surface area contributed by atoms with Gasteiger partial charge in [-0.15, -0.1) is 0 Å². The molecule has 1 rings (SSSR count). The van der Waals surface area contributed by atoms with Crippen LogP contribution in [0.1, 0.15) is 18.4 Å². The minimum absolute atomic E-state index is 0.0327. The first-order chi connectivity index (χ1) is 8.58. The van der Waals surface area contributed by atoms with Crippen molar-refractivity contribution in [3.8, 4) is 5.75 Å². The second kappa shape index (κ2) is 6.90. The summed E-state index contributed by atoms with van der Waals surface area (Å²) < 4.78 is 36.3. The van der Waals surface area contributed by atoms with Crippen molar-refractivity contribution in [3.05, 3.63) is 29.3 Å². The summed E-state index contributed by atoms with van der Waals surface area (Å²) in [6.45, 7) is 0.0847. The Morgan fingerprint density at radius 2 is 1.94 bits per heavy atom. The smallest absolute Gasteiger partial charge is 0.305 e. The Bertz CT molecular complexity index is 401. The molecule has 0 bridgehead atoms. The maximum atomic E-state index is 13.4. The van der Waals surface area contributed by atoms with E-state index >= 15 is 0 Å². The van der Waals surface area contributed by atoms with Crippen LogP contribution in [-0.2, 0) is 16.1 Å². The van der Waals surface area contributed by atoms with Gasteiger partial charge in [0.05, 0.1) is 13.7 Å². The Hall–Kier alpha value is -1.69. The predicted molar refractivity (Wildman–Crippen MR) is 61.0 cm³/mol. The molecule has 18 heavy (non-hydrogen) atoms. The van der Waals surface area contributed by atoms with Crippen molar-refractivity contribution < 1.29 is 23.0 Å². The monoisotopic (exact) mass is 259 g/mol. The zero-order chi connectivity index (χ0) is 13.5. The molecule has 6 heteroatoms. The summed E-state index contributed by atoms with van der Waals surface area (Å²) in [6.07, 6.45) is 0.463. The minimum atomic E-state index is -0.798. The number of methoxy groups -OCH3 is 1. The van der Waals surface area contributed by atoms with Crippen molar-refractivity contribution in [3.63, 3.8) is 0 Å². The molecule has 1 aromatic carbocycles. The van der Waals surface area contributed by atoms with Gasteiger partial charge in [-0.05, 0) is 24.1 Å². The van der Waals surface area contributed by atoms with Crippen molar-refractivity contribution in [1.82, 2.24) is 0 Å². The van der Waals surface area contributed by atoms with Crippen LogP contribution in [0.5, 0.6) is 5.75 Å². The molecule has 0 heterocycles. The minimum Gasteiger partial charge on any atom is -0.488 e. The van der Waals surface area contributed by atoms with Crippen LogP contribution in [0.2, 0.25) is 0 Å². The van der Waals surface area contributed by atoms with Crippen molar-refractivity contribution in [2.45, 2.75) is 19.4 Å². The van der Waals surface area contributed by atoms with Gasteiger partial charge in [0, 0.05) is 13.0 Å². The van der Waals surface area contributed by atoms with E-state index in [4.69, 9.17) is 10.5 Å². The van der Waals surface area contributed by atoms with Gasteiger partial charge in [0.1, 0.15) is 0 Å². The number of hydrogen-bond acceptors (Lipinski definition) is 4. The molecule has 0 saturated carbocycles. The quantitative estimate of drug-likeness (QED) is 0.624. The lowest BCUT2D eigenvalue weighted by molar-refractivity contribution is -0.140. The van der Waals surface area contributed by atoms with E-state index in [0.29, 0.717) is 12.0 Å². The van der Waals surface area contributed by atoms with Crippen LogP contribution < -0.4 is 10.5 Å². The Balaban J connectivity index is 2.54. The van der Waals surface area contributed by atoms with Crippen LogP contribution in [0.4, 0.5) is 8.78 Å². The Labute approximate surface area is 104 Å². The Morgan fingerprint density at radius 3 is 2.44 bits per heavy atom. The molecule has 100 valence electrons. The lowest BCUT2D eigenvalue weighted by Crippen LogP contribution is -2.07. The lowest BCUT2D eigenvalue weighted by Gasteiger charge is -2.09. The first kappa shape index (κ1) is 14.4. The molecule has 1 aromatic rings. The number of carbonyl (C=O) groups excluding carboxylic acids is 1. The number of halogens is 2. The average molecular weight is 259 g/mol. The average Bonchev–Trinajstić information content (AvgIpc) is 2.36. The van der Waals surface area contributed by atoms with Crippen LogP contribution in [0.15, 0.2) is 12.1 Å². The van der Waals surface area contributed by atoms with Crippen molar-refractivity contribution >= 4 is 5.97 Å². The number of ether oxygens (including phenoxy) is 2. The summed E-state index contributed by atoms with van der Waals surface area (Å²) in [5.41, 5.74) is 5.64. The van der Waals surface area contributed by atoms with Gasteiger partial charge in [0.2, 0.25) is 0 Å². The number of rotatable bonds is 6. The van der Waals surface area contributed by atoms with Crippen molar-refractivity contribution in [2.75, 3.05) is 13.7 Å². The van der Waals surface area contributed by atoms with Crippen LogP contribution in [0, 0.1) is 11.6 Å². The van der Waals surface area contributed by atoms with E-state index < -0.39 is 23.4 Å². The fourth-order valence-corrected chi connectivity index (χ4v) is 1.36. The maximum absolute atomic E-state index is 13.4. The molecule has 0 saturated heterocycles. The molecule has 0 atom stereocenters. The molecule has 0 aliphatic rings. The standard InChI is InChI=1S/C12H15F2NO3/c1-17-11(16)3-2-4-18-12-9(13)5-8(7-15)6-10(12)14/h5-6H,2-4,7,15H2,1H3. The molecular weight excluding hydrogens is 244 g/mol. The number of nitrogens with two attached hydrogens (primary N) is 1. The van der Waals surface area contributed by atoms with E-state index in [1.165, 1.54) is 7.11 Å². The molecule has 0 aliphatic heterocycles. The van der Waals surface area contributed by atoms with Gasteiger partial charge < -0.3 is 15.2 Å². The summed E-state index contributed by atoms with van der Waals surface area (Å²) in [5.74, 6) is -2.43. The molecule has 0 spiro atoms. The maximum Gasteiger partial charge on any atom is 0.305 e.